The Bertz CT molecular complexity index is 85.1. The van der Waals surface area contributed by atoms with Gasteiger partial charge in [-0.15, -0.1) is 0 Å². The van der Waals surface area contributed by atoms with E-state index < -0.39 is 6.43 Å². The molecule has 0 heterocycles. The molecule has 0 bridgehead atoms. The highest BCUT2D eigenvalue weighted by atomic mass is 19.3. The van der Waals surface area contributed by atoms with Crippen LogP contribution < -0.4 is 10.6 Å². The molecule has 4 heteroatoms. The van der Waals surface area contributed by atoms with Gasteiger partial charge in [0.15, 0.2) is 0 Å². The average Bonchev–Trinajstić information content (AvgIpc) is 1.95. The summed E-state index contributed by atoms with van der Waals surface area (Å²) >= 11 is 0. The van der Waals surface area contributed by atoms with E-state index in [4.69, 9.17) is 0 Å². The van der Waals surface area contributed by atoms with E-state index in [1.54, 1.807) is 0 Å². The molecule has 0 radical (unpaired) electrons. The summed E-state index contributed by atoms with van der Waals surface area (Å²) in [4.78, 5) is 0. The molecule has 0 fully saturated rings. The lowest BCUT2D eigenvalue weighted by atomic mass is 10.3. The van der Waals surface area contributed by atoms with Crippen molar-refractivity contribution in [3.05, 3.63) is 0 Å². The molecule has 2 N–H and O–H groups in total. The molecule has 0 unspecified atom stereocenters. The van der Waals surface area contributed by atoms with Crippen LogP contribution >= 0.6 is 0 Å². The molecule has 0 aliphatic rings. The summed E-state index contributed by atoms with van der Waals surface area (Å²) in [6.07, 6.45) is -1.34. The Labute approximate surface area is 72.7 Å². The van der Waals surface area contributed by atoms with E-state index in [0.717, 1.165) is 13.0 Å². The van der Waals surface area contributed by atoms with Crippen LogP contribution in [0.15, 0.2) is 0 Å². The fraction of sp³-hybridized carbons (Fsp3) is 1.00. The number of alkyl halides is 2. The Balaban J connectivity index is 2.91. The first-order valence-electron chi connectivity index (χ1n) is 4.35. The molecule has 0 aromatic heterocycles. The van der Waals surface area contributed by atoms with Crippen molar-refractivity contribution in [2.75, 3.05) is 19.6 Å². The van der Waals surface area contributed by atoms with E-state index in [1.807, 2.05) is 0 Å². The van der Waals surface area contributed by atoms with Gasteiger partial charge in [0.2, 0.25) is 0 Å². The molecule has 0 saturated carbocycles. The van der Waals surface area contributed by atoms with Gasteiger partial charge in [0.25, 0.3) is 6.43 Å². The van der Waals surface area contributed by atoms with Crippen LogP contribution in [0.1, 0.15) is 20.3 Å². The van der Waals surface area contributed by atoms with E-state index in [9.17, 15) is 8.78 Å². The zero-order valence-corrected chi connectivity index (χ0v) is 7.74. The molecule has 74 valence electrons. The molecular formula is C8H18F2N2. The van der Waals surface area contributed by atoms with Gasteiger partial charge < -0.3 is 10.6 Å². The Morgan fingerprint density at radius 3 is 2.33 bits per heavy atom. The van der Waals surface area contributed by atoms with Gasteiger partial charge in [0.1, 0.15) is 0 Å². The van der Waals surface area contributed by atoms with Crippen LogP contribution in [-0.4, -0.2) is 32.1 Å². The lowest BCUT2D eigenvalue weighted by Gasteiger charge is -2.07. The van der Waals surface area contributed by atoms with Crippen LogP contribution in [0.25, 0.3) is 0 Å². The van der Waals surface area contributed by atoms with Crippen LogP contribution in [0.5, 0.6) is 0 Å². The van der Waals surface area contributed by atoms with Gasteiger partial charge in [-0.25, -0.2) is 8.78 Å². The number of nitrogens with one attached hydrogen (secondary N) is 2. The third kappa shape index (κ3) is 9.78. The predicted molar refractivity (Wildman–Crippen MR) is 46.6 cm³/mol. The second-order valence-electron chi connectivity index (χ2n) is 3.06. The summed E-state index contributed by atoms with van der Waals surface area (Å²) in [6.45, 7) is 5.47. The van der Waals surface area contributed by atoms with Crippen molar-refractivity contribution in [3.8, 4) is 0 Å². The Hall–Kier alpha value is -0.220. The molecule has 0 aliphatic heterocycles. The van der Waals surface area contributed by atoms with E-state index in [1.165, 1.54) is 0 Å². The van der Waals surface area contributed by atoms with Gasteiger partial charge in [-0.3, -0.25) is 0 Å². The second-order valence-corrected chi connectivity index (χ2v) is 3.06. The number of rotatable bonds is 7. The number of hydrogen-bond acceptors (Lipinski definition) is 2. The van der Waals surface area contributed by atoms with Gasteiger partial charge in [-0.2, -0.15) is 0 Å². The minimum Gasteiger partial charge on any atom is -0.314 e. The molecule has 12 heavy (non-hydrogen) atoms. The summed E-state index contributed by atoms with van der Waals surface area (Å²) < 4.78 is 23.2. The Morgan fingerprint density at radius 2 is 1.83 bits per heavy atom. The van der Waals surface area contributed by atoms with Gasteiger partial charge in [0.05, 0.1) is 6.54 Å². The van der Waals surface area contributed by atoms with E-state index >= 15 is 0 Å². The zero-order chi connectivity index (χ0) is 9.40. The topological polar surface area (TPSA) is 24.1 Å². The smallest absolute Gasteiger partial charge is 0.250 e. The maximum Gasteiger partial charge on any atom is 0.250 e. The molecule has 0 atom stereocenters. The van der Waals surface area contributed by atoms with Crippen LogP contribution in [0.3, 0.4) is 0 Å². The average molecular weight is 180 g/mol. The van der Waals surface area contributed by atoms with Crippen molar-refractivity contribution in [3.63, 3.8) is 0 Å². The maximum absolute atomic E-state index is 11.6. The lowest BCUT2D eigenvalue weighted by molar-refractivity contribution is 0.146. The first-order valence-corrected chi connectivity index (χ1v) is 4.35. The minimum atomic E-state index is -2.23. The van der Waals surface area contributed by atoms with E-state index in [2.05, 4.69) is 24.5 Å². The van der Waals surface area contributed by atoms with Crippen molar-refractivity contribution < 1.29 is 8.78 Å². The lowest BCUT2D eigenvalue weighted by Crippen LogP contribution is -2.28. The largest absolute Gasteiger partial charge is 0.314 e. The molecule has 0 spiro atoms. The predicted octanol–water partition coefficient (Wildman–Crippen LogP) is 1.23. The zero-order valence-electron chi connectivity index (χ0n) is 7.74. The molecule has 0 rings (SSSR count). The van der Waals surface area contributed by atoms with Crippen molar-refractivity contribution >= 4 is 0 Å². The van der Waals surface area contributed by atoms with Gasteiger partial charge in [-0.05, 0) is 19.5 Å². The third-order valence-corrected chi connectivity index (χ3v) is 1.38. The Kier molecular flexibility index (Phi) is 7.29. The summed E-state index contributed by atoms with van der Waals surface area (Å²) in [6, 6.07) is 0.472. The van der Waals surface area contributed by atoms with Crippen molar-refractivity contribution in [2.24, 2.45) is 0 Å². The quantitative estimate of drug-likeness (QED) is 0.576. The molecule has 0 aromatic carbocycles. The molecule has 0 aliphatic carbocycles. The SMILES string of the molecule is CC(C)NCCCNCC(F)F. The third-order valence-electron chi connectivity index (χ3n) is 1.38. The van der Waals surface area contributed by atoms with Crippen LogP contribution in [0, 0.1) is 0 Å². The fourth-order valence-electron chi connectivity index (χ4n) is 0.815. The summed E-state index contributed by atoms with van der Waals surface area (Å²) in [5.41, 5.74) is 0. The summed E-state index contributed by atoms with van der Waals surface area (Å²) in [5, 5.41) is 5.87. The highest BCUT2D eigenvalue weighted by Gasteiger charge is 1.99. The van der Waals surface area contributed by atoms with E-state index in [0.29, 0.717) is 12.6 Å². The molecular weight excluding hydrogens is 162 g/mol. The molecule has 0 aromatic rings. The standard InChI is InChI=1S/C8H18F2N2/c1-7(2)12-5-3-4-11-6-8(9)10/h7-8,11-12H,3-6H2,1-2H3. The molecule has 0 saturated heterocycles. The van der Waals surface area contributed by atoms with Gasteiger partial charge in [-0.1, -0.05) is 13.8 Å². The highest BCUT2D eigenvalue weighted by molar-refractivity contribution is 4.55. The van der Waals surface area contributed by atoms with Crippen LogP contribution in [-0.2, 0) is 0 Å². The van der Waals surface area contributed by atoms with Gasteiger partial charge >= 0.3 is 0 Å². The van der Waals surface area contributed by atoms with Crippen molar-refractivity contribution in [2.45, 2.75) is 32.7 Å². The first kappa shape index (κ1) is 11.8. The molecule has 0 amide bonds. The fourth-order valence-corrected chi connectivity index (χ4v) is 0.815. The second kappa shape index (κ2) is 7.43. The van der Waals surface area contributed by atoms with Gasteiger partial charge in [0, 0.05) is 6.04 Å². The minimum absolute atomic E-state index is 0.193. The monoisotopic (exact) mass is 180 g/mol. The Morgan fingerprint density at radius 1 is 1.17 bits per heavy atom. The summed E-state index contributed by atoms with van der Waals surface area (Å²) in [7, 11) is 0. The van der Waals surface area contributed by atoms with Crippen LogP contribution in [0.2, 0.25) is 0 Å². The van der Waals surface area contributed by atoms with Crippen LogP contribution in [0.4, 0.5) is 8.78 Å². The maximum atomic E-state index is 11.6. The number of hydrogen-bond donors (Lipinski definition) is 2. The normalized spacial score (nSPS) is 11.5. The van der Waals surface area contributed by atoms with E-state index in [-0.39, 0.29) is 6.54 Å². The van der Waals surface area contributed by atoms with Crippen molar-refractivity contribution in [1.29, 1.82) is 0 Å². The summed E-state index contributed by atoms with van der Waals surface area (Å²) in [5.74, 6) is 0. The highest BCUT2D eigenvalue weighted by Crippen LogP contribution is 1.87. The van der Waals surface area contributed by atoms with Crippen molar-refractivity contribution in [1.82, 2.24) is 10.6 Å². The first-order chi connectivity index (χ1) is 5.63. The number of halogens is 2. The molecule has 2 nitrogen and oxygen atoms in total.